The number of nitrogens with one attached hydrogen (secondary N) is 1. The Hall–Kier alpha value is -3.35. The largest absolute Gasteiger partial charge is 0.497 e. The predicted octanol–water partition coefficient (Wildman–Crippen LogP) is 3.85. The number of nitro groups is 1. The van der Waals surface area contributed by atoms with Crippen LogP contribution >= 0.6 is 0 Å². The highest BCUT2D eigenvalue weighted by molar-refractivity contribution is 5.60. The number of rotatable bonds is 6. The maximum Gasteiger partial charge on any atom is 0.271 e. The van der Waals surface area contributed by atoms with Crippen LogP contribution in [-0.2, 0) is 19.3 Å². The second-order valence-electron chi connectivity index (χ2n) is 6.94. The average Bonchev–Trinajstić information content (AvgIpc) is 3.30. The molecule has 0 saturated carbocycles. The highest BCUT2D eigenvalue weighted by Crippen LogP contribution is 2.32. The molecule has 2 heterocycles. The first-order valence-corrected chi connectivity index (χ1v) is 9.30. The highest BCUT2D eigenvalue weighted by Gasteiger charge is 2.24. The number of anilines is 1. The molecule has 1 aliphatic heterocycles. The number of benzene rings is 2. The maximum absolute atomic E-state index is 11.2. The number of ether oxygens (including phenoxy) is 1. The van der Waals surface area contributed by atoms with Crippen LogP contribution in [0.4, 0.5) is 11.5 Å². The lowest BCUT2D eigenvalue weighted by atomic mass is 10.1. The maximum atomic E-state index is 11.2. The zero-order chi connectivity index (χ0) is 19.7. The quantitative estimate of drug-likeness (QED) is 0.520. The van der Waals surface area contributed by atoms with Gasteiger partial charge >= 0.3 is 0 Å². The van der Waals surface area contributed by atoms with Gasteiger partial charge < -0.3 is 10.1 Å². The van der Waals surface area contributed by atoms with E-state index in [1.807, 2.05) is 23.7 Å². The molecule has 7 nitrogen and oxygen atoms in total. The van der Waals surface area contributed by atoms with E-state index >= 15 is 0 Å². The van der Waals surface area contributed by atoms with Crippen LogP contribution in [0.2, 0.25) is 0 Å². The molecule has 0 radical (unpaired) electrons. The van der Waals surface area contributed by atoms with Crippen LogP contribution in [0, 0.1) is 17.0 Å². The van der Waals surface area contributed by atoms with Crippen molar-refractivity contribution in [2.24, 2.45) is 0 Å². The van der Waals surface area contributed by atoms with Crippen molar-refractivity contribution in [1.82, 2.24) is 9.78 Å². The van der Waals surface area contributed by atoms with Crippen LogP contribution in [0.15, 0.2) is 42.5 Å². The Kier molecular flexibility index (Phi) is 4.73. The van der Waals surface area contributed by atoms with E-state index in [2.05, 4.69) is 17.4 Å². The number of hydrogen-bond donors (Lipinski definition) is 1. The van der Waals surface area contributed by atoms with Crippen LogP contribution < -0.4 is 10.1 Å². The van der Waals surface area contributed by atoms with Gasteiger partial charge in [0.05, 0.1) is 23.4 Å². The molecule has 4 rings (SSSR count). The van der Waals surface area contributed by atoms with Gasteiger partial charge in [0.1, 0.15) is 11.6 Å². The van der Waals surface area contributed by atoms with Crippen molar-refractivity contribution in [3.8, 4) is 11.4 Å². The molecule has 0 unspecified atom stereocenters. The molecule has 1 N–H and O–H groups in total. The van der Waals surface area contributed by atoms with Crippen LogP contribution in [0.5, 0.6) is 5.75 Å². The number of aromatic nitrogens is 2. The number of fused-ring (bicyclic) bond motifs is 1. The number of nitrogens with zero attached hydrogens (tertiary/aromatic N) is 3. The Morgan fingerprint density at radius 1 is 1.21 bits per heavy atom. The normalized spacial score (nSPS) is 12.5. The summed E-state index contributed by atoms with van der Waals surface area (Å²) in [5.74, 6) is 1.80. The molecule has 0 fully saturated rings. The topological polar surface area (TPSA) is 82.2 Å². The summed E-state index contributed by atoms with van der Waals surface area (Å²) >= 11 is 0. The minimum Gasteiger partial charge on any atom is -0.497 e. The van der Waals surface area contributed by atoms with E-state index in [4.69, 9.17) is 9.84 Å². The molecular weight excluding hydrogens is 356 g/mol. The molecule has 0 spiro atoms. The molecule has 0 amide bonds. The lowest BCUT2D eigenvalue weighted by molar-refractivity contribution is -0.384. The molecule has 0 saturated heterocycles. The van der Waals surface area contributed by atoms with Gasteiger partial charge in [0, 0.05) is 24.2 Å². The monoisotopic (exact) mass is 378 g/mol. The van der Waals surface area contributed by atoms with Gasteiger partial charge in [0.15, 0.2) is 0 Å². The number of aryl methyl sites for hydroxylation is 3. The lowest BCUT2D eigenvalue weighted by Crippen LogP contribution is -2.07. The smallest absolute Gasteiger partial charge is 0.271 e. The Morgan fingerprint density at radius 2 is 2.00 bits per heavy atom. The van der Waals surface area contributed by atoms with Gasteiger partial charge in [-0.1, -0.05) is 18.2 Å². The Balaban J connectivity index is 1.64. The van der Waals surface area contributed by atoms with Gasteiger partial charge in [-0.05, 0) is 49.4 Å². The molecule has 0 bridgehead atoms. The highest BCUT2D eigenvalue weighted by atomic mass is 16.6. The van der Waals surface area contributed by atoms with E-state index in [1.54, 1.807) is 19.2 Å². The minimum atomic E-state index is -0.370. The number of non-ortho nitro benzene ring substituents is 1. The fraction of sp³-hybridized carbons (Fsp3) is 0.286. The molecule has 7 heteroatoms. The summed E-state index contributed by atoms with van der Waals surface area (Å²) in [7, 11) is 1.66. The fourth-order valence-electron chi connectivity index (χ4n) is 3.62. The van der Waals surface area contributed by atoms with Crippen molar-refractivity contribution in [3.05, 3.63) is 75.0 Å². The molecular formula is C21H22N4O3. The fourth-order valence-corrected chi connectivity index (χ4v) is 3.62. The molecule has 28 heavy (non-hydrogen) atoms. The van der Waals surface area contributed by atoms with E-state index in [-0.39, 0.29) is 10.6 Å². The van der Waals surface area contributed by atoms with Crippen LogP contribution in [-0.4, -0.2) is 28.4 Å². The second kappa shape index (κ2) is 7.34. The summed E-state index contributed by atoms with van der Waals surface area (Å²) in [6.45, 7) is 2.80. The average molecular weight is 378 g/mol. The summed E-state index contributed by atoms with van der Waals surface area (Å²) in [4.78, 5) is 10.8. The van der Waals surface area contributed by atoms with E-state index in [0.29, 0.717) is 0 Å². The van der Waals surface area contributed by atoms with E-state index < -0.39 is 0 Å². The lowest BCUT2D eigenvalue weighted by Gasteiger charge is -2.09. The number of methoxy groups -OCH3 is 1. The first-order valence-electron chi connectivity index (χ1n) is 9.30. The van der Waals surface area contributed by atoms with E-state index in [9.17, 15) is 10.1 Å². The first kappa shape index (κ1) is 18.0. The second-order valence-corrected chi connectivity index (χ2v) is 6.94. The Bertz CT molecular complexity index is 1020. The third kappa shape index (κ3) is 3.31. The van der Waals surface area contributed by atoms with Crippen LogP contribution in [0.3, 0.4) is 0 Å². The molecule has 0 atom stereocenters. The van der Waals surface area contributed by atoms with Crippen molar-refractivity contribution < 1.29 is 9.66 Å². The molecule has 144 valence electrons. The van der Waals surface area contributed by atoms with Gasteiger partial charge in [-0.3, -0.25) is 10.1 Å². The van der Waals surface area contributed by atoms with Crippen molar-refractivity contribution in [1.29, 1.82) is 0 Å². The summed E-state index contributed by atoms with van der Waals surface area (Å²) in [6.07, 6.45) is 2.61. The molecule has 1 aromatic heterocycles. The van der Waals surface area contributed by atoms with Crippen molar-refractivity contribution in [2.75, 3.05) is 19.0 Å². The summed E-state index contributed by atoms with van der Waals surface area (Å²) in [5.41, 5.74) is 5.24. The molecule has 0 aliphatic carbocycles. The standard InChI is InChI=1S/C21H22N4O3/c1-14-3-7-16(25(26)27)13-20(14)24-21-18(11-12-22-21)19(23-24)10-6-15-4-8-17(28-2)9-5-15/h3-5,7-9,13,22H,6,10-12H2,1-2H3. The van der Waals surface area contributed by atoms with Crippen LogP contribution in [0.25, 0.3) is 5.69 Å². The first-order chi connectivity index (χ1) is 13.6. The van der Waals surface area contributed by atoms with Gasteiger partial charge in [0.2, 0.25) is 0 Å². The molecule has 2 aromatic carbocycles. The molecule has 1 aliphatic rings. The van der Waals surface area contributed by atoms with Crippen molar-refractivity contribution in [2.45, 2.75) is 26.2 Å². The summed E-state index contributed by atoms with van der Waals surface area (Å²) in [5, 5.41) is 19.4. The van der Waals surface area contributed by atoms with Crippen molar-refractivity contribution in [3.63, 3.8) is 0 Å². The van der Waals surface area contributed by atoms with Gasteiger partial charge in [-0.25, -0.2) is 4.68 Å². The van der Waals surface area contributed by atoms with E-state index in [0.717, 1.165) is 54.3 Å². The number of hydrogen-bond acceptors (Lipinski definition) is 5. The zero-order valence-electron chi connectivity index (χ0n) is 15.9. The van der Waals surface area contributed by atoms with Crippen LogP contribution in [0.1, 0.15) is 22.4 Å². The third-order valence-electron chi connectivity index (χ3n) is 5.18. The van der Waals surface area contributed by atoms with E-state index in [1.165, 1.54) is 17.2 Å². The number of nitro benzene ring substituents is 1. The predicted molar refractivity (Wildman–Crippen MR) is 108 cm³/mol. The summed E-state index contributed by atoms with van der Waals surface area (Å²) in [6, 6.07) is 13.0. The van der Waals surface area contributed by atoms with Gasteiger partial charge in [0.25, 0.3) is 5.69 Å². The van der Waals surface area contributed by atoms with Crippen molar-refractivity contribution >= 4 is 11.5 Å². The SMILES string of the molecule is COc1ccc(CCc2nn(-c3cc([N+](=O)[O-])ccc3C)c3c2CCN3)cc1. The van der Waals surface area contributed by atoms with Gasteiger partial charge in [-0.15, -0.1) is 0 Å². The minimum absolute atomic E-state index is 0.0719. The Morgan fingerprint density at radius 3 is 2.71 bits per heavy atom. The zero-order valence-corrected chi connectivity index (χ0v) is 15.9. The van der Waals surface area contributed by atoms with Gasteiger partial charge in [-0.2, -0.15) is 5.10 Å². The molecule has 3 aromatic rings. The third-order valence-corrected chi connectivity index (χ3v) is 5.18. The Labute approximate surface area is 163 Å². The summed E-state index contributed by atoms with van der Waals surface area (Å²) < 4.78 is 7.04.